The van der Waals surface area contributed by atoms with Crippen molar-refractivity contribution in [1.29, 1.82) is 0 Å². The molecule has 1 unspecified atom stereocenters. The number of nitrogens with two attached hydrogens (primary N) is 1. The molecule has 17 heavy (non-hydrogen) atoms. The van der Waals surface area contributed by atoms with Crippen molar-refractivity contribution in [2.24, 2.45) is 5.73 Å². The fraction of sp³-hybridized carbons (Fsp3) is 0.214. The highest BCUT2D eigenvalue weighted by Gasteiger charge is 2.06. The Labute approximate surface area is 101 Å². The van der Waals surface area contributed by atoms with Crippen molar-refractivity contribution in [3.8, 4) is 0 Å². The van der Waals surface area contributed by atoms with Crippen LogP contribution < -0.4 is 11.1 Å². The van der Waals surface area contributed by atoms with E-state index in [0.29, 0.717) is 6.54 Å². The van der Waals surface area contributed by atoms with E-state index in [-0.39, 0.29) is 11.9 Å². The van der Waals surface area contributed by atoms with Crippen molar-refractivity contribution >= 4 is 16.7 Å². The maximum atomic E-state index is 10.9. The topological polar surface area (TPSA) is 55.1 Å². The Hall–Kier alpha value is -1.87. The molecule has 0 bridgehead atoms. The van der Waals surface area contributed by atoms with Gasteiger partial charge in [0.15, 0.2) is 0 Å². The number of carbonyl (C=O) groups is 1. The predicted molar refractivity (Wildman–Crippen MR) is 69.4 cm³/mol. The van der Waals surface area contributed by atoms with E-state index in [1.54, 1.807) is 6.92 Å². The zero-order valence-corrected chi connectivity index (χ0v) is 9.81. The molecule has 0 spiro atoms. The summed E-state index contributed by atoms with van der Waals surface area (Å²) in [4.78, 5) is 10.9. The van der Waals surface area contributed by atoms with Gasteiger partial charge >= 0.3 is 0 Å². The van der Waals surface area contributed by atoms with E-state index in [4.69, 9.17) is 5.73 Å². The Kier molecular flexibility index (Phi) is 3.40. The van der Waals surface area contributed by atoms with Gasteiger partial charge in [0.05, 0.1) is 6.04 Å². The highest BCUT2D eigenvalue weighted by Crippen LogP contribution is 2.15. The molecule has 0 aromatic heterocycles. The van der Waals surface area contributed by atoms with E-state index in [1.807, 2.05) is 12.1 Å². The molecule has 2 rings (SSSR count). The number of amides is 1. The van der Waals surface area contributed by atoms with Crippen LogP contribution in [0.25, 0.3) is 10.8 Å². The Bertz CT molecular complexity index is 536. The third kappa shape index (κ3) is 2.82. The van der Waals surface area contributed by atoms with Crippen LogP contribution in [-0.4, -0.2) is 11.9 Å². The molecule has 3 nitrogen and oxygen atoms in total. The molecule has 0 heterocycles. The predicted octanol–water partition coefficient (Wildman–Crippen LogP) is 1.80. The summed E-state index contributed by atoms with van der Waals surface area (Å²) in [5.74, 6) is -0.328. The number of hydrogen-bond donors (Lipinski definition) is 2. The summed E-state index contributed by atoms with van der Waals surface area (Å²) in [6.45, 7) is 2.42. The van der Waals surface area contributed by atoms with Gasteiger partial charge < -0.3 is 11.1 Å². The number of hydrogen-bond acceptors (Lipinski definition) is 2. The highest BCUT2D eigenvalue weighted by molar-refractivity contribution is 5.83. The Morgan fingerprint density at radius 3 is 2.65 bits per heavy atom. The minimum Gasteiger partial charge on any atom is -0.368 e. The van der Waals surface area contributed by atoms with Crippen LogP contribution in [0.3, 0.4) is 0 Å². The first-order valence-corrected chi connectivity index (χ1v) is 5.67. The van der Waals surface area contributed by atoms with Gasteiger partial charge in [-0.2, -0.15) is 0 Å². The first kappa shape index (κ1) is 11.6. The standard InChI is InChI=1S/C14H16N2O/c1-10(14(15)17)16-9-11-6-7-12-4-2-3-5-13(12)8-11/h2-8,10,16H,9H2,1H3,(H2,15,17). The van der Waals surface area contributed by atoms with Crippen LogP contribution in [0, 0.1) is 0 Å². The lowest BCUT2D eigenvalue weighted by Crippen LogP contribution is -2.38. The van der Waals surface area contributed by atoms with Crippen LogP contribution >= 0.6 is 0 Å². The van der Waals surface area contributed by atoms with Crippen LogP contribution in [-0.2, 0) is 11.3 Å². The van der Waals surface area contributed by atoms with Gasteiger partial charge in [0, 0.05) is 6.54 Å². The molecule has 3 heteroatoms. The molecule has 0 saturated heterocycles. The molecule has 0 aliphatic heterocycles. The van der Waals surface area contributed by atoms with Gasteiger partial charge in [0.1, 0.15) is 0 Å². The number of primary amides is 1. The molecule has 3 N–H and O–H groups in total. The molecule has 1 atom stereocenters. The van der Waals surface area contributed by atoms with Crippen LogP contribution in [0.5, 0.6) is 0 Å². The SMILES string of the molecule is CC(NCc1ccc2ccccc2c1)C(N)=O. The average Bonchev–Trinajstić information content (AvgIpc) is 2.35. The maximum Gasteiger partial charge on any atom is 0.234 e. The van der Waals surface area contributed by atoms with Crippen molar-refractivity contribution in [2.75, 3.05) is 0 Å². The molecular formula is C14H16N2O. The third-order valence-electron chi connectivity index (χ3n) is 2.85. The van der Waals surface area contributed by atoms with Gasteiger partial charge in [-0.25, -0.2) is 0 Å². The summed E-state index contributed by atoms with van der Waals surface area (Å²) in [6.07, 6.45) is 0. The van der Waals surface area contributed by atoms with Gasteiger partial charge in [-0.15, -0.1) is 0 Å². The Morgan fingerprint density at radius 1 is 1.24 bits per heavy atom. The minimum absolute atomic E-state index is 0.304. The van der Waals surface area contributed by atoms with E-state index in [0.717, 1.165) is 5.56 Å². The largest absolute Gasteiger partial charge is 0.368 e. The van der Waals surface area contributed by atoms with Gasteiger partial charge in [-0.1, -0.05) is 36.4 Å². The molecule has 88 valence electrons. The molecule has 0 radical (unpaired) electrons. The first-order chi connectivity index (χ1) is 8.16. The molecule has 1 amide bonds. The van der Waals surface area contributed by atoms with E-state index < -0.39 is 0 Å². The number of carbonyl (C=O) groups excluding carboxylic acids is 1. The van der Waals surface area contributed by atoms with Crippen molar-refractivity contribution < 1.29 is 4.79 Å². The van der Waals surface area contributed by atoms with Gasteiger partial charge in [0.2, 0.25) is 5.91 Å². The summed E-state index contributed by atoms with van der Waals surface area (Å²) >= 11 is 0. The second kappa shape index (κ2) is 4.97. The highest BCUT2D eigenvalue weighted by atomic mass is 16.1. The van der Waals surface area contributed by atoms with E-state index >= 15 is 0 Å². The quantitative estimate of drug-likeness (QED) is 0.838. The van der Waals surface area contributed by atoms with Crippen molar-refractivity contribution in [3.05, 3.63) is 48.0 Å². The molecule has 0 saturated carbocycles. The normalized spacial score (nSPS) is 12.5. The van der Waals surface area contributed by atoms with E-state index in [1.165, 1.54) is 10.8 Å². The van der Waals surface area contributed by atoms with Gasteiger partial charge in [-0.3, -0.25) is 4.79 Å². The lowest BCUT2D eigenvalue weighted by atomic mass is 10.1. The second-order valence-corrected chi connectivity index (χ2v) is 4.19. The zero-order valence-electron chi connectivity index (χ0n) is 9.81. The first-order valence-electron chi connectivity index (χ1n) is 5.67. The summed E-state index contributed by atoms with van der Waals surface area (Å²) in [7, 11) is 0. The van der Waals surface area contributed by atoms with Gasteiger partial charge in [0.25, 0.3) is 0 Å². The van der Waals surface area contributed by atoms with Crippen LogP contribution in [0.1, 0.15) is 12.5 Å². The Morgan fingerprint density at radius 2 is 1.94 bits per heavy atom. The molecule has 2 aromatic rings. The van der Waals surface area contributed by atoms with Crippen LogP contribution in [0.2, 0.25) is 0 Å². The van der Waals surface area contributed by atoms with Crippen molar-refractivity contribution in [1.82, 2.24) is 5.32 Å². The number of nitrogens with one attached hydrogen (secondary N) is 1. The molecule has 2 aromatic carbocycles. The fourth-order valence-corrected chi connectivity index (χ4v) is 1.72. The molecule has 0 aliphatic rings. The maximum absolute atomic E-state index is 10.9. The van der Waals surface area contributed by atoms with Crippen molar-refractivity contribution in [3.63, 3.8) is 0 Å². The molecule has 0 aliphatic carbocycles. The lowest BCUT2D eigenvalue weighted by molar-refractivity contribution is -0.119. The number of fused-ring (bicyclic) bond motifs is 1. The summed E-state index contributed by atoms with van der Waals surface area (Å²) in [5.41, 5.74) is 6.34. The third-order valence-corrected chi connectivity index (χ3v) is 2.85. The summed E-state index contributed by atoms with van der Waals surface area (Å²) in [6, 6.07) is 14.2. The molecular weight excluding hydrogens is 212 g/mol. The average molecular weight is 228 g/mol. The van der Waals surface area contributed by atoms with Gasteiger partial charge in [-0.05, 0) is 29.3 Å². The van der Waals surface area contributed by atoms with E-state index in [2.05, 4.69) is 35.6 Å². The summed E-state index contributed by atoms with van der Waals surface area (Å²) in [5, 5.41) is 5.52. The van der Waals surface area contributed by atoms with Crippen LogP contribution in [0.15, 0.2) is 42.5 Å². The summed E-state index contributed by atoms with van der Waals surface area (Å²) < 4.78 is 0. The zero-order chi connectivity index (χ0) is 12.3. The van der Waals surface area contributed by atoms with E-state index in [9.17, 15) is 4.79 Å². The number of rotatable bonds is 4. The number of benzene rings is 2. The second-order valence-electron chi connectivity index (χ2n) is 4.19. The monoisotopic (exact) mass is 228 g/mol. The fourth-order valence-electron chi connectivity index (χ4n) is 1.72. The van der Waals surface area contributed by atoms with Crippen LogP contribution in [0.4, 0.5) is 0 Å². The lowest BCUT2D eigenvalue weighted by Gasteiger charge is -2.10. The molecule has 0 fully saturated rings. The van der Waals surface area contributed by atoms with Crippen molar-refractivity contribution in [2.45, 2.75) is 19.5 Å². The smallest absolute Gasteiger partial charge is 0.234 e. The minimum atomic E-state index is -0.328. The Balaban J connectivity index is 2.12.